The average molecular weight is 231 g/mol. The van der Waals surface area contributed by atoms with Crippen LogP contribution in [0.1, 0.15) is 16.4 Å². The monoisotopic (exact) mass is 231 g/mol. The van der Waals surface area contributed by atoms with Gasteiger partial charge in [-0.2, -0.15) is 5.26 Å². The Hall–Kier alpha value is -2.00. The van der Waals surface area contributed by atoms with Crippen LogP contribution >= 0.6 is 11.3 Å². The van der Waals surface area contributed by atoms with Crippen LogP contribution in [0.2, 0.25) is 0 Å². The molecule has 0 saturated heterocycles. The van der Waals surface area contributed by atoms with Gasteiger partial charge in [-0.25, -0.2) is 15.0 Å². The largest absolute Gasteiger partial charge is 0.363 e. The lowest BCUT2D eigenvalue weighted by molar-refractivity contribution is 1.02. The molecule has 0 aliphatic heterocycles. The van der Waals surface area contributed by atoms with Gasteiger partial charge >= 0.3 is 0 Å². The Bertz CT molecular complexity index is 511. The predicted molar refractivity (Wildman–Crippen MR) is 60.9 cm³/mol. The fourth-order valence-corrected chi connectivity index (χ4v) is 1.76. The van der Waals surface area contributed by atoms with E-state index in [1.807, 2.05) is 18.4 Å². The molecule has 0 fully saturated rings. The van der Waals surface area contributed by atoms with Crippen molar-refractivity contribution in [3.05, 3.63) is 34.2 Å². The minimum atomic E-state index is 0.315. The quantitative estimate of drug-likeness (QED) is 0.870. The lowest BCUT2D eigenvalue weighted by atomic mass is 10.4. The van der Waals surface area contributed by atoms with Gasteiger partial charge in [-0.3, -0.25) is 0 Å². The highest BCUT2D eigenvalue weighted by Crippen LogP contribution is 2.09. The maximum atomic E-state index is 8.56. The normalized spacial score (nSPS) is 9.75. The van der Waals surface area contributed by atoms with Crippen molar-refractivity contribution >= 4 is 17.2 Å². The molecule has 5 nitrogen and oxygen atoms in total. The molecule has 0 spiro atoms. The summed E-state index contributed by atoms with van der Waals surface area (Å²) in [6, 6.07) is 1.92. The van der Waals surface area contributed by atoms with Crippen LogP contribution in [0.3, 0.4) is 0 Å². The molecule has 80 valence electrons. The van der Waals surface area contributed by atoms with Gasteiger partial charge < -0.3 is 5.32 Å². The first-order chi connectivity index (χ1) is 7.78. The van der Waals surface area contributed by atoms with Crippen molar-refractivity contribution in [2.75, 3.05) is 5.32 Å². The fraction of sp³-hybridized carbons (Fsp3) is 0.200. The first-order valence-corrected chi connectivity index (χ1v) is 5.53. The summed E-state index contributed by atoms with van der Waals surface area (Å²) in [5.74, 6) is 0.643. The smallest absolute Gasteiger partial charge is 0.158 e. The van der Waals surface area contributed by atoms with E-state index in [1.54, 1.807) is 11.3 Å². The molecule has 16 heavy (non-hydrogen) atoms. The Morgan fingerprint density at radius 2 is 2.31 bits per heavy atom. The first-order valence-electron chi connectivity index (χ1n) is 4.65. The summed E-state index contributed by atoms with van der Waals surface area (Å²) in [5.41, 5.74) is 1.30. The molecule has 0 aromatic carbocycles. The highest BCUT2D eigenvalue weighted by Gasteiger charge is 1.99. The first kappa shape index (κ1) is 10.5. The minimum Gasteiger partial charge on any atom is -0.363 e. The number of hydrogen-bond acceptors (Lipinski definition) is 6. The van der Waals surface area contributed by atoms with Crippen molar-refractivity contribution in [3.63, 3.8) is 0 Å². The van der Waals surface area contributed by atoms with Gasteiger partial charge in [0.2, 0.25) is 0 Å². The lowest BCUT2D eigenvalue weighted by Gasteiger charge is -2.01. The third kappa shape index (κ3) is 2.52. The molecule has 6 heteroatoms. The molecule has 0 atom stereocenters. The van der Waals surface area contributed by atoms with Gasteiger partial charge in [-0.15, -0.1) is 11.3 Å². The molecule has 2 aromatic heterocycles. The van der Waals surface area contributed by atoms with E-state index in [1.165, 1.54) is 12.4 Å². The Balaban J connectivity index is 1.97. The summed E-state index contributed by atoms with van der Waals surface area (Å²) in [6.07, 6.45) is 2.98. The van der Waals surface area contributed by atoms with Crippen molar-refractivity contribution in [1.29, 1.82) is 5.26 Å². The molecule has 1 N–H and O–H groups in total. The van der Waals surface area contributed by atoms with Crippen LogP contribution in [-0.4, -0.2) is 15.0 Å². The Labute approximate surface area is 96.8 Å². The van der Waals surface area contributed by atoms with Crippen molar-refractivity contribution in [1.82, 2.24) is 15.0 Å². The molecule has 0 saturated carbocycles. The Kier molecular flexibility index (Phi) is 3.08. The van der Waals surface area contributed by atoms with Gasteiger partial charge in [-0.1, -0.05) is 0 Å². The number of thiazole rings is 1. The van der Waals surface area contributed by atoms with Crippen LogP contribution in [0.25, 0.3) is 0 Å². The minimum absolute atomic E-state index is 0.315. The third-order valence-electron chi connectivity index (χ3n) is 1.88. The second-order valence-corrected chi connectivity index (χ2v) is 4.17. The topological polar surface area (TPSA) is 74.5 Å². The second-order valence-electron chi connectivity index (χ2n) is 3.11. The molecular weight excluding hydrogens is 222 g/mol. The van der Waals surface area contributed by atoms with Crippen LogP contribution in [0, 0.1) is 18.3 Å². The highest BCUT2D eigenvalue weighted by atomic mass is 32.1. The SMILES string of the molecule is Cc1nc(CNc2cnc(C#N)cn2)cs1. The molecule has 0 aliphatic rings. The molecule has 0 amide bonds. The maximum Gasteiger partial charge on any atom is 0.158 e. The number of aromatic nitrogens is 3. The Morgan fingerprint density at radius 1 is 1.44 bits per heavy atom. The van der Waals surface area contributed by atoms with Crippen LogP contribution in [-0.2, 0) is 6.54 Å². The van der Waals surface area contributed by atoms with E-state index >= 15 is 0 Å². The van der Waals surface area contributed by atoms with E-state index < -0.39 is 0 Å². The van der Waals surface area contributed by atoms with Gasteiger partial charge in [0, 0.05) is 5.38 Å². The zero-order valence-corrected chi connectivity index (χ0v) is 9.45. The van der Waals surface area contributed by atoms with E-state index in [2.05, 4.69) is 20.3 Å². The third-order valence-corrected chi connectivity index (χ3v) is 2.71. The lowest BCUT2D eigenvalue weighted by Crippen LogP contribution is -2.02. The molecule has 0 aliphatic carbocycles. The number of rotatable bonds is 3. The number of nitrogens with one attached hydrogen (secondary N) is 1. The van der Waals surface area contributed by atoms with Crippen molar-refractivity contribution < 1.29 is 0 Å². The van der Waals surface area contributed by atoms with E-state index in [0.717, 1.165) is 10.7 Å². The molecule has 0 bridgehead atoms. The molecule has 2 heterocycles. The highest BCUT2D eigenvalue weighted by molar-refractivity contribution is 7.09. The summed E-state index contributed by atoms with van der Waals surface area (Å²) in [5, 5.41) is 14.7. The number of nitriles is 1. The molecule has 2 rings (SSSR count). The van der Waals surface area contributed by atoms with Gasteiger partial charge in [0.1, 0.15) is 11.9 Å². The van der Waals surface area contributed by atoms with Crippen molar-refractivity contribution in [2.24, 2.45) is 0 Å². The molecule has 0 unspecified atom stereocenters. The zero-order chi connectivity index (χ0) is 11.4. The van der Waals surface area contributed by atoms with Crippen molar-refractivity contribution in [2.45, 2.75) is 13.5 Å². The van der Waals surface area contributed by atoms with E-state index in [9.17, 15) is 0 Å². The van der Waals surface area contributed by atoms with Crippen molar-refractivity contribution in [3.8, 4) is 6.07 Å². The summed E-state index contributed by atoms with van der Waals surface area (Å²) < 4.78 is 0. The summed E-state index contributed by atoms with van der Waals surface area (Å²) in [6.45, 7) is 2.58. The van der Waals surface area contributed by atoms with Crippen LogP contribution in [0.15, 0.2) is 17.8 Å². The average Bonchev–Trinajstić information content (AvgIpc) is 2.73. The molecular formula is C10H9N5S. The summed E-state index contributed by atoms with van der Waals surface area (Å²) in [4.78, 5) is 12.3. The van der Waals surface area contributed by atoms with Gasteiger partial charge in [0.15, 0.2) is 5.69 Å². The molecule has 2 aromatic rings. The fourth-order valence-electron chi connectivity index (χ4n) is 1.15. The number of hydrogen-bond donors (Lipinski definition) is 1. The number of nitrogens with zero attached hydrogens (tertiary/aromatic N) is 4. The van der Waals surface area contributed by atoms with Gasteiger partial charge in [-0.05, 0) is 6.92 Å². The van der Waals surface area contributed by atoms with Gasteiger partial charge in [0.05, 0.1) is 29.6 Å². The van der Waals surface area contributed by atoms with Gasteiger partial charge in [0.25, 0.3) is 0 Å². The predicted octanol–water partition coefficient (Wildman–Crippen LogP) is 1.73. The van der Waals surface area contributed by atoms with Crippen LogP contribution in [0.5, 0.6) is 0 Å². The van der Waals surface area contributed by atoms with Crippen LogP contribution < -0.4 is 5.32 Å². The van der Waals surface area contributed by atoms with E-state index in [-0.39, 0.29) is 0 Å². The van der Waals surface area contributed by atoms with E-state index in [4.69, 9.17) is 5.26 Å². The zero-order valence-electron chi connectivity index (χ0n) is 8.64. The Morgan fingerprint density at radius 3 is 2.88 bits per heavy atom. The number of aryl methyl sites for hydroxylation is 1. The second kappa shape index (κ2) is 4.68. The maximum absolute atomic E-state index is 8.56. The summed E-state index contributed by atoms with van der Waals surface area (Å²) in [7, 11) is 0. The number of anilines is 1. The van der Waals surface area contributed by atoms with E-state index in [0.29, 0.717) is 18.1 Å². The molecule has 0 radical (unpaired) electrons. The van der Waals surface area contributed by atoms with Crippen LogP contribution in [0.4, 0.5) is 5.82 Å². The summed E-state index contributed by atoms with van der Waals surface area (Å²) >= 11 is 1.62. The standard InChI is InChI=1S/C10H9N5S/c1-7-15-9(6-16-7)4-14-10-5-12-8(2-11)3-13-10/h3,5-6H,4H2,1H3,(H,13,14).